The summed E-state index contributed by atoms with van der Waals surface area (Å²) in [6.07, 6.45) is 0.366. The topological polar surface area (TPSA) is 37.3 Å². The Morgan fingerprint density at radius 1 is 1.10 bits per heavy atom. The van der Waals surface area contributed by atoms with E-state index in [4.69, 9.17) is 23.2 Å². The highest BCUT2D eigenvalue weighted by molar-refractivity contribution is 6.30. The van der Waals surface area contributed by atoms with Gasteiger partial charge in [0.1, 0.15) is 0 Å². The van der Waals surface area contributed by atoms with Gasteiger partial charge in [-0.2, -0.15) is 0 Å². The summed E-state index contributed by atoms with van der Waals surface area (Å²) in [6, 6.07) is 14.2. The van der Waals surface area contributed by atoms with Crippen molar-refractivity contribution in [1.82, 2.24) is 0 Å². The van der Waals surface area contributed by atoms with Crippen molar-refractivity contribution in [1.29, 1.82) is 0 Å². The molecule has 0 aromatic heterocycles. The highest BCUT2D eigenvalue weighted by Crippen LogP contribution is 2.30. The number of carbonyl (C=O) groups is 1. The van der Waals surface area contributed by atoms with E-state index in [0.717, 1.165) is 11.1 Å². The first-order chi connectivity index (χ1) is 9.41. The van der Waals surface area contributed by atoms with Gasteiger partial charge in [0.15, 0.2) is 0 Å². The fourth-order valence-electron chi connectivity index (χ4n) is 2.17. The van der Waals surface area contributed by atoms with Gasteiger partial charge in [-0.05, 0) is 48.7 Å². The van der Waals surface area contributed by atoms with Gasteiger partial charge >= 0.3 is 5.97 Å². The lowest BCUT2D eigenvalue weighted by atomic mass is 9.77. The van der Waals surface area contributed by atoms with Crippen LogP contribution in [0.5, 0.6) is 0 Å². The van der Waals surface area contributed by atoms with Crippen molar-refractivity contribution >= 4 is 29.2 Å². The molecule has 2 aromatic rings. The smallest absolute Gasteiger partial charge is 0.314 e. The largest absolute Gasteiger partial charge is 0.481 e. The first-order valence-corrected chi connectivity index (χ1v) is 6.91. The van der Waals surface area contributed by atoms with Crippen LogP contribution < -0.4 is 0 Å². The van der Waals surface area contributed by atoms with Gasteiger partial charge in [0, 0.05) is 10.0 Å². The molecule has 0 aliphatic carbocycles. The van der Waals surface area contributed by atoms with Gasteiger partial charge in [0.05, 0.1) is 5.41 Å². The van der Waals surface area contributed by atoms with Crippen LogP contribution in [0, 0.1) is 0 Å². The molecule has 1 atom stereocenters. The summed E-state index contributed by atoms with van der Waals surface area (Å²) < 4.78 is 0. The zero-order valence-corrected chi connectivity index (χ0v) is 12.4. The van der Waals surface area contributed by atoms with E-state index in [1.807, 2.05) is 12.1 Å². The van der Waals surface area contributed by atoms with Crippen LogP contribution in [0.2, 0.25) is 10.0 Å². The van der Waals surface area contributed by atoms with Gasteiger partial charge in [-0.3, -0.25) is 4.79 Å². The quantitative estimate of drug-likeness (QED) is 0.897. The maximum atomic E-state index is 11.7. The third kappa shape index (κ3) is 3.14. The van der Waals surface area contributed by atoms with Crippen LogP contribution >= 0.6 is 23.2 Å². The van der Waals surface area contributed by atoms with E-state index >= 15 is 0 Å². The van der Waals surface area contributed by atoms with Crippen molar-refractivity contribution < 1.29 is 9.90 Å². The molecule has 0 bridgehead atoms. The van der Waals surface area contributed by atoms with Crippen LogP contribution in [0.1, 0.15) is 18.1 Å². The molecule has 0 aliphatic rings. The lowest BCUT2D eigenvalue weighted by molar-refractivity contribution is -0.143. The standard InChI is InChI=1S/C16H14Cl2O2/c1-16(15(19)20,12-5-7-13(17)8-6-12)10-11-3-2-4-14(18)9-11/h2-9H,10H2,1H3,(H,19,20). The molecule has 20 heavy (non-hydrogen) atoms. The van der Waals surface area contributed by atoms with Gasteiger partial charge in [0.2, 0.25) is 0 Å². The molecule has 2 nitrogen and oxygen atoms in total. The number of aliphatic carboxylic acids is 1. The Labute approximate surface area is 128 Å². The maximum absolute atomic E-state index is 11.7. The minimum Gasteiger partial charge on any atom is -0.481 e. The second kappa shape index (κ2) is 5.86. The maximum Gasteiger partial charge on any atom is 0.314 e. The third-order valence-corrected chi connectivity index (χ3v) is 3.89. The summed E-state index contributed by atoms with van der Waals surface area (Å²) >= 11 is 11.8. The first kappa shape index (κ1) is 14.9. The highest BCUT2D eigenvalue weighted by Gasteiger charge is 2.35. The predicted molar refractivity (Wildman–Crippen MR) is 81.6 cm³/mol. The van der Waals surface area contributed by atoms with Gasteiger partial charge in [-0.1, -0.05) is 47.5 Å². The monoisotopic (exact) mass is 308 g/mol. The second-order valence-electron chi connectivity index (χ2n) is 4.95. The van der Waals surface area contributed by atoms with E-state index in [2.05, 4.69) is 0 Å². The number of hydrogen-bond acceptors (Lipinski definition) is 1. The Morgan fingerprint density at radius 3 is 2.30 bits per heavy atom. The minimum atomic E-state index is -1.02. The molecule has 104 valence electrons. The van der Waals surface area contributed by atoms with Crippen molar-refractivity contribution in [3.63, 3.8) is 0 Å². The average Bonchev–Trinajstić information content (AvgIpc) is 2.39. The van der Waals surface area contributed by atoms with Gasteiger partial charge in [-0.25, -0.2) is 0 Å². The molecule has 2 aromatic carbocycles. The van der Waals surface area contributed by atoms with Crippen molar-refractivity contribution in [2.45, 2.75) is 18.8 Å². The molecule has 0 aliphatic heterocycles. The van der Waals surface area contributed by atoms with Crippen LogP contribution in [0.3, 0.4) is 0 Å². The van der Waals surface area contributed by atoms with Gasteiger partial charge in [-0.15, -0.1) is 0 Å². The number of carboxylic acids is 1. The van der Waals surface area contributed by atoms with Gasteiger partial charge in [0.25, 0.3) is 0 Å². The lowest BCUT2D eigenvalue weighted by Crippen LogP contribution is -2.34. The molecule has 2 rings (SSSR count). The van der Waals surface area contributed by atoms with E-state index in [1.54, 1.807) is 43.3 Å². The number of rotatable bonds is 4. The lowest BCUT2D eigenvalue weighted by Gasteiger charge is -2.25. The molecule has 0 fully saturated rings. The molecule has 0 spiro atoms. The predicted octanol–water partition coefficient (Wildman–Crippen LogP) is 4.58. The zero-order chi connectivity index (χ0) is 14.8. The first-order valence-electron chi connectivity index (χ1n) is 6.16. The molecule has 4 heteroatoms. The van der Waals surface area contributed by atoms with E-state index in [1.165, 1.54) is 0 Å². The van der Waals surface area contributed by atoms with Crippen molar-refractivity contribution in [2.75, 3.05) is 0 Å². The summed E-state index contributed by atoms with van der Waals surface area (Å²) in [5.74, 6) is -0.875. The Bertz CT molecular complexity index is 623. The molecule has 0 saturated heterocycles. The molecule has 1 unspecified atom stereocenters. The summed E-state index contributed by atoms with van der Waals surface area (Å²) in [5, 5.41) is 10.8. The molecule has 0 amide bonds. The Morgan fingerprint density at radius 2 is 1.75 bits per heavy atom. The van der Waals surface area contributed by atoms with E-state index in [9.17, 15) is 9.90 Å². The third-order valence-electron chi connectivity index (χ3n) is 3.40. The van der Waals surface area contributed by atoms with Gasteiger partial charge < -0.3 is 5.11 Å². The van der Waals surface area contributed by atoms with Crippen LogP contribution in [0.15, 0.2) is 48.5 Å². The average molecular weight is 309 g/mol. The second-order valence-corrected chi connectivity index (χ2v) is 5.82. The minimum absolute atomic E-state index is 0.366. The number of halogens is 2. The van der Waals surface area contributed by atoms with Crippen molar-refractivity contribution in [2.24, 2.45) is 0 Å². The SMILES string of the molecule is CC(Cc1cccc(Cl)c1)(C(=O)O)c1ccc(Cl)cc1. The zero-order valence-electron chi connectivity index (χ0n) is 10.9. The molecule has 0 saturated carbocycles. The Balaban J connectivity index is 2.39. The molecular weight excluding hydrogens is 295 g/mol. The molecular formula is C16H14Cl2O2. The summed E-state index contributed by atoms with van der Waals surface area (Å²) in [7, 11) is 0. The number of hydrogen-bond donors (Lipinski definition) is 1. The summed E-state index contributed by atoms with van der Waals surface area (Å²) in [6.45, 7) is 1.71. The highest BCUT2D eigenvalue weighted by atomic mass is 35.5. The van der Waals surface area contributed by atoms with Crippen LogP contribution in [-0.4, -0.2) is 11.1 Å². The van der Waals surface area contributed by atoms with Crippen molar-refractivity contribution in [3.05, 3.63) is 69.7 Å². The van der Waals surface area contributed by atoms with E-state index < -0.39 is 11.4 Å². The molecule has 0 radical (unpaired) electrons. The molecule has 1 N–H and O–H groups in total. The fourth-order valence-corrected chi connectivity index (χ4v) is 2.51. The van der Waals surface area contributed by atoms with Crippen LogP contribution in [-0.2, 0) is 16.6 Å². The number of benzene rings is 2. The Hall–Kier alpha value is -1.51. The Kier molecular flexibility index (Phi) is 4.36. The van der Waals surface area contributed by atoms with E-state index in [0.29, 0.717) is 16.5 Å². The fraction of sp³-hybridized carbons (Fsp3) is 0.188. The normalized spacial score (nSPS) is 13.8. The summed E-state index contributed by atoms with van der Waals surface area (Å²) in [5.41, 5.74) is 0.585. The molecule has 0 heterocycles. The number of carboxylic acid groups (broad SMARTS) is 1. The summed E-state index contributed by atoms with van der Waals surface area (Å²) in [4.78, 5) is 11.7. The van der Waals surface area contributed by atoms with Crippen molar-refractivity contribution in [3.8, 4) is 0 Å². The van der Waals surface area contributed by atoms with E-state index in [-0.39, 0.29) is 0 Å². The van der Waals surface area contributed by atoms with Crippen LogP contribution in [0.4, 0.5) is 0 Å². The van der Waals surface area contributed by atoms with Crippen LogP contribution in [0.25, 0.3) is 0 Å².